The summed E-state index contributed by atoms with van der Waals surface area (Å²) in [6, 6.07) is 10.2. The van der Waals surface area contributed by atoms with Gasteiger partial charge in [0.05, 0.1) is 16.6 Å². The molecule has 0 amide bonds. The highest BCUT2D eigenvalue weighted by Crippen LogP contribution is 2.41. The first-order chi connectivity index (χ1) is 14.6. The van der Waals surface area contributed by atoms with E-state index in [2.05, 4.69) is 16.0 Å². The van der Waals surface area contributed by atoms with Crippen LogP contribution < -0.4 is 16.1 Å². The number of hydrogen-bond donors (Lipinski definition) is 1. The van der Waals surface area contributed by atoms with E-state index in [1.165, 1.54) is 17.7 Å². The number of aryl methyl sites for hydroxylation is 1. The molecule has 1 aromatic heterocycles. The lowest BCUT2D eigenvalue weighted by Gasteiger charge is -2.36. The molecule has 0 spiro atoms. The monoisotopic (exact) mass is 405 g/mol. The Labute approximate surface area is 173 Å². The van der Waals surface area contributed by atoms with Crippen molar-refractivity contribution in [2.45, 2.75) is 32.7 Å². The van der Waals surface area contributed by atoms with Crippen molar-refractivity contribution in [1.29, 1.82) is 0 Å². The molecule has 2 heterocycles. The van der Waals surface area contributed by atoms with Crippen molar-refractivity contribution in [3.8, 4) is 11.1 Å². The number of halogens is 1. The number of piperidine rings is 1. The summed E-state index contributed by atoms with van der Waals surface area (Å²) >= 11 is 0. The van der Waals surface area contributed by atoms with Crippen LogP contribution in [0.3, 0.4) is 0 Å². The highest BCUT2D eigenvalue weighted by Gasteiger charge is 2.30. The quantitative estimate of drug-likeness (QED) is 0.669. The van der Waals surface area contributed by atoms with E-state index in [4.69, 9.17) is 0 Å². The van der Waals surface area contributed by atoms with Crippen LogP contribution in [0.1, 0.15) is 26.2 Å². The van der Waals surface area contributed by atoms with Crippen LogP contribution in [-0.2, 0) is 6.54 Å². The molecule has 6 heteroatoms. The zero-order valence-electron chi connectivity index (χ0n) is 17.0. The molecule has 1 aliphatic heterocycles. The van der Waals surface area contributed by atoms with Gasteiger partial charge in [0.2, 0.25) is 0 Å². The fourth-order valence-corrected chi connectivity index (χ4v) is 5.03. The smallest absolute Gasteiger partial charge is 0.328 e. The van der Waals surface area contributed by atoms with Crippen LogP contribution in [0.25, 0.3) is 22.0 Å². The molecule has 5 nitrogen and oxygen atoms in total. The van der Waals surface area contributed by atoms with E-state index in [1.807, 2.05) is 19.1 Å². The van der Waals surface area contributed by atoms with E-state index < -0.39 is 5.69 Å². The van der Waals surface area contributed by atoms with Crippen molar-refractivity contribution in [1.82, 2.24) is 9.55 Å². The second-order valence-electron chi connectivity index (χ2n) is 8.12. The summed E-state index contributed by atoms with van der Waals surface area (Å²) in [5, 5.41) is 0.531. The van der Waals surface area contributed by atoms with Gasteiger partial charge in [0.25, 0.3) is 5.56 Å². The van der Waals surface area contributed by atoms with Gasteiger partial charge in [-0.3, -0.25) is 14.3 Å². The van der Waals surface area contributed by atoms with Crippen LogP contribution in [0.4, 0.5) is 10.1 Å². The van der Waals surface area contributed by atoms with Crippen molar-refractivity contribution in [2.75, 3.05) is 18.0 Å². The van der Waals surface area contributed by atoms with E-state index in [-0.39, 0.29) is 11.4 Å². The maximum Gasteiger partial charge on any atom is 0.328 e. The minimum atomic E-state index is -0.393. The summed E-state index contributed by atoms with van der Waals surface area (Å²) in [7, 11) is 0. The summed E-state index contributed by atoms with van der Waals surface area (Å²) in [5.41, 5.74) is 3.98. The molecule has 1 saturated heterocycles. The number of benzene rings is 2. The van der Waals surface area contributed by atoms with Gasteiger partial charge in [-0.2, -0.15) is 0 Å². The number of rotatable bonds is 3. The molecular formula is C24H24FN3O2. The molecule has 154 valence electrons. The summed E-state index contributed by atoms with van der Waals surface area (Å²) in [5.74, 6) is 0.212. The maximum atomic E-state index is 13.6. The molecule has 1 fully saturated rings. The lowest BCUT2D eigenvalue weighted by Crippen LogP contribution is -2.38. The Morgan fingerprint density at radius 2 is 1.93 bits per heavy atom. The molecule has 1 unspecified atom stereocenters. The van der Waals surface area contributed by atoms with E-state index in [0.29, 0.717) is 23.4 Å². The first kappa shape index (κ1) is 18.9. The van der Waals surface area contributed by atoms with Gasteiger partial charge in [0.1, 0.15) is 5.82 Å². The topological polar surface area (TPSA) is 58.1 Å². The Bertz CT molecular complexity index is 1270. The highest BCUT2D eigenvalue weighted by atomic mass is 19.1. The van der Waals surface area contributed by atoms with Crippen LogP contribution in [0.2, 0.25) is 0 Å². The number of H-pyrrole nitrogens is 1. The zero-order valence-corrected chi connectivity index (χ0v) is 17.0. The summed E-state index contributed by atoms with van der Waals surface area (Å²) in [6.07, 6.45) is 5.59. The Kier molecular flexibility index (Phi) is 4.57. The van der Waals surface area contributed by atoms with Crippen molar-refractivity contribution < 1.29 is 4.39 Å². The number of aromatic amines is 1. The third-order valence-electron chi connectivity index (χ3n) is 6.48. The number of aromatic nitrogens is 2. The zero-order chi connectivity index (χ0) is 20.8. The molecule has 1 atom stereocenters. The molecule has 5 rings (SSSR count). The summed E-state index contributed by atoms with van der Waals surface area (Å²) in [4.78, 5) is 30.2. The SMILES string of the molecule is CCn1c(=O)[nH]c(=O)c2c(N3CCC4=CCCC4C3)c(-c3ccc(F)cc3)ccc21. The van der Waals surface area contributed by atoms with E-state index in [1.54, 1.807) is 16.7 Å². The van der Waals surface area contributed by atoms with Crippen LogP contribution in [-0.4, -0.2) is 22.6 Å². The van der Waals surface area contributed by atoms with Crippen molar-refractivity contribution >= 4 is 16.6 Å². The van der Waals surface area contributed by atoms with Gasteiger partial charge in [-0.15, -0.1) is 0 Å². The second-order valence-corrected chi connectivity index (χ2v) is 8.12. The van der Waals surface area contributed by atoms with E-state index >= 15 is 0 Å². The first-order valence-corrected chi connectivity index (χ1v) is 10.6. The van der Waals surface area contributed by atoms with Crippen LogP contribution in [0, 0.1) is 11.7 Å². The Morgan fingerprint density at radius 3 is 2.70 bits per heavy atom. The minimum absolute atomic E-state index is 0.294. The molecule has 2 aliphatic rings. The normalized spacial score (nSPS) is 18.5. The predicted molar refractivity (Wildman–Crippen MR) is 118 cm³/mol. The maximum absolute atomic E-state index is 13.6. The van der Waals surface area contributed by atoms with Crippen LogP contribution in [0.15, 0.2) is 57.6 Å². The Hall–Kier alpha value is -3.15. The van der Waals surface area contributed by atoms with Crippen molar-refractivity contribution in [2.24, 2.45) is 5.92 Å². The third-order valence-corrected chi connectivity index (χ3v) is 6.48. The number of hydrogen-bond acceptors (Lipinski definition) is 3. The predicted octanol–water partition coefficient (Wildman–Crippen LogP) is 4.06. The van der Waals surface area contributed by atoms with Crippen molar-refractivity contribution in [3.63, 3.8) is 0 Å². The van der Waals surface area contributed by atoms with Gasteiger partial charge < -0.3 is 4.90 Å². The first-order valence-electron chi connectivity index (χ1n) is 10.6. The number of nitrogens with zero attached hydrogens (tertiary/aromatic N) is 2. The molecule has 30 heavy (non-hydrogen) atoms. The summed E-state index contributed by atoms with van der Waals surface area (Å²) < 4.78 is 15.2. The van der Waals surface area contributed by atoms with Crippen molar-refractivity contribution in [3.05, 3.63) is 74.7 Å². The minimum Gasteiger partial charge on any atom is -0.369 e. The average molecular weight is 405 g/mol. The largest absolute Gasteiger partial charge is 0.369 e. The second kappa shape index (κ2) is 7.27. The Morgan fingerprint density at radius 1 is 1.13 bits per heavy atom. The number of nitrogens with one attached hydrogen (secondary N) is 1. The lowest BCUT2D eigenvalue weighted by molar-refractivity contribution is 0.522. The molecule has 1 aliphatic carbocycles. The van der Waals surface area contributed by atoms with E-state index in [0.717, 1.165) is 49.2 Å². The molecule has 2 aromatic carbocycles. The molecule has 3 aromatic rings. The van der Waals surface area contributed by atoms with Gasteiger partial charge in [-0.05, 0) is 55.9 Å². The molecule has 0 radical (unpaired) electrons. The highest BCUT2D eigenvalue weighted by molar-refractivity contribution is 6.00. The summed E-state index contributed by atoms with van der Waals surface area (Å²) in [6.45, 7) is 4.03. The van der Waals surface area contributed by atoms with E-state index in [9.17, 15) is 14.0 Å². The molecule has 1 N–H and O–H groups in total. The van der Waals surface area contributed by atoms with Gasteiger partial charge in [0, 0.05) is 25.2 Å². The average Bonchev–Trinajstić information content (AvgIpc) is 3.22. The molecule has 0 bridgehead atoms. The molecule has 0 saturated carbocycles. The third kappa shape index (κ3) is 2.98. The number of anilines is 1. The standard InChI is InChI=1S/C24H24FN3O2/c1-2-28-20-11-10-19(16-6-8-18(25)9-7-16)22(21(20)23(29)26-24(28)30)27-13-12-15-4-3-5-17(15)14-27/h4,6-11,17H,2-3,5,12-14H2,1H3,(H,26,29,30). The lowest BCUT2D eigenvalue weighted by atomic mass is 9.91. The van der Waals surface area contributed by atoms with Gasteiger partial charge in [-0.25, -0.2) is 9.18 Å². The van der Waals surface area contributed by atoms with Crippen LogP contribution >= 0.6 is 0 Å². The Balaban J connectivity index is 1.78. The van der Waals surface area contributed by atoms with Gasteiger partial charge in [-0.1, -0.05) is 29.8 Å². The van der Waals surface area contributed by atoms with Crippen LogP contribution in [0.5, 0.6) is 0 Å². The van der Waals surface area contributed by atoms with Gasteiger partial charge in [0.15, 0.2) is 0 Å². The van der Waals surface area contributed by atoms with Gasteiger partial charge >= 0.3 is 5.69 Å². The fraction of sp³-hybridized carbons (Fsp3) is 0.333. The number of fused-ring (bicyclic) bond motifs is 2. The number of allylic oxidation sites excluding steroid dienone is 1. The fourth-order valence-electron chi connectivity index (χ4n) is 5.03. The molecular weight excluding hydrogens is 381 g/mol.